The fourth-order valence-corrected chi connectivity index (χ4v) is 13.9. The molecule has 0 spiro atoms. The zero-order valence-corrected chi connectivity index (χ0v) is 48.4. The number of ether oxygens (including phenoxy) is 4. The van der Waals surface area contributed by atoms with Crippen LogP contribution in [0, 0.1) is 0 Å². The van der Waals surface area contributed by atoms with Gasteiger partial charge in [0, 0.05) is 25.7 Å². The zero-order valence-electron chi connectivity index (χ0n) is 44.8. The summed E-state index contributed by atoms with van der Waals surface area (Å²) in [4.78, 5) is 145. The van der Waals surface area contributed by atoms with Gasteiger partial charge in [0.15, 0.2) is 44.7 Å². The van der Waals surface area contributed by atoms with Crippen molar-refractivity contribution in [1.82, 2.24) is 78.1 Å². The number of aromatic nitrogens is 16. The molecule has 4 fully saturated rings. The van der Waals surface area contributed by atoms with E-state index in [9.17, 15) is 67.0 Å². The first-order valence-electron chi connectivity index (χ1n) is 25.9. The van der Waals surface area contributed by atoms with Gasteiger partial charge in [0.1, 0.15) is 73.7 Å². The summed E-state index contributed by atoms with van der Waals surface area (Å²) in [5, 5.41) is 10.2. The third kappa shape index (κ3) is 13.0. The van der Waals surface area contributed by atoms with Crippen molar-refractivity contribution in [2.45, 2.75) is 99.4 Å². The van der Waals surface area contributed by atoms with Crippen LogP contribution >= 0.6 is 31.3 Å². The number of anilines is 4. The van der Waals surface area contributed by atoms with E-state index in [1.165, 1.54) is 24.6 Å². The molecule has 12 rings (SSSR count). The second-order valence-electron chi connectivity index (χ2n) is 20.1. The highest BCUT2D eigenvalue weighted by atomic mass is 31.2. The van der Waals surface area contributed by atoms with Crippen molar-refractivity contribution in [3.63, 3.8) is 0 Å². The minimum Gasteiger partial charge on any atom is -0.394 e. The lowest BCUT2D eigenvalue weighted by molar-refractivity contribution is -0.0619. The molecule has 12 heterocycles. The Morgan fingerprint density at radius 3 is 0.944 bits per heavy atom. The van der Waals surface area contributed by atoms with E-state index < -0.39 is 167 Å². The minimum absolute atomic E-state index is 0.0142. The summed E-state index contributed by atoms with van der Waals surface area (Å²) in [5.41, 5.74) is 19.0. The van der Waals surface area contributed by atoms with Gasteiger partial charge in [0.25, 0.3) is 22.2 Å². The largest absolute Gasteiger partial charge is 0.472 e. The van der Waals surface area contributed by atoms with Crippen molar-refractivity contribution >= 4 is 99.7 Å². The van der Waals surface area contributed by atoms with Crippen LogP contribution in [-0.2, 0) is 68.9 Å². The average Bonchev–Trinajstić information content (AvgIpc) is 1.72. The van der Waals surface area contributed by atoms with Gasteiger partial charge in [-0.2, -0.15) is 19.9 Å². The van der Waals surface area contributed by atoms with Crippen LogP contribution in [0.4, 0.5) is 23.8 Å². The molecular weight excluding hydrogens is 1280 g/mol. The van der Waals surface area contributed by atoms with Crippen molar-refractivity contribution in [3.05, 3.63) is 66.7 Å². The molecule has 0 radical (unpaired) electrons. The van der Waals surface area contributed by atoms with Crippen molar-refractivity contribution in [2.75, 3.05) is 49.4 Å². The first-order chi connectivity index (χ1) is 42.1. The summed E-state index contributed by atoms with van der Waals surface area (Å²) in [5.74, 6) is -1.25. The number of H-pyrrole nitrogens is 4. The number of nitrogens with zero attached hydrogens (tertiary/aromatic N) is 12. The van der Waals surface area contributed by atoms with Crippen LogP contribution < -0.4 is 45.2 Å². The number of phosphoric acid groups is 4. The van der Waals surface area contributed by atoms with Crippen molar-refractivity contribution in [1.29, 1.82) is 0 Å². The highest BCUT2D eigenvalue weighted by Crippen LogP contribution is 2.54. The molecule has 4 aliphatic rings. The van der Waals surface area contributed by atoms with E-state index in [1.807, 2.05) is 0 Å². The second-order valence-corrected chi connectivity index (χ2v) is 25.5. The predicted molar refractivity (Wildman–Crippen MR) is 290 cm³/mol. The van der Waals surface area contributed by atoms with Crippen LogP contribution in [-0.4, -0.2) is 183 Å². The molecule has 89 heavy (non-hydrogen) atoms. The maximum atomic E-state index is 14.2. The Balaban J connectivity index is 0.762. The van der Waals surface area contributed by atoms with Crippen LogP contribution in [0.25, 0.3) is 44.7 Å². The molecule has 4 saturated heterocycles. The van der Waals surface area contributed by atoms with Gasteiger partial charge in [-0.15, -0.1) is 0 Å². The smallest absolute Gasteiger partial charge is 0.394 e. The molecule has 0 amide bonds. The number of hydrogen-bond acceptors (Lipinski definition) is 32. The number of hydrogen-bond donors (Lipinski definition) is 14. The van der Waals surface area contributed by atoms with E-state index in [-0.39, 0.29) is 81.3 Å². The lowest BCUT2D eigenvalue weighted by Gasteiger charge is -2.25. The number of imidazole rings is 4. The molecule has 15 atom stereocenters. The first kappa shape index (κ1) is 62.1. The average molecular weight is 1330 g/mol. The molecule has 4 aliphatic heterocycles. The van der Waals surface area contributed by atoms with Crippen molar-refractivity contribution in [2.24, 2.45) is 0 Å². The summed E-state index contributed by atoms with van der Waals surface area (Å²) in [7, 11) is -21.5. The molecule has 0 saturated carbocycles. The van der Waals surface area contributed by atoms with Gasteiger partial charge in [0.05, 0.1) is 51.7 Å². The minimum atomic E-state index is -5.49. The van der Waals surface area contributed by atoms with Gasteiger partial charge >= 0.3 is 31.3 Å². The molecule has 15 unspecified atom stereocenters. The predicted octanol–water partition coefficient (Wildman–Crippen LogP) is -3.03. The SMILES string of the molecule is Nc1nc2c(ncn2C2CC(OP(=O)(O)O)C(COP(=O)(O)OC3CC(n4cnc5c(=O)[nH]c(N)nc54)OC3COP(=O)(O)OC3CC(n4cnc5c(=O)[nH]c(N)nc54)OC3COP(=O)(O)OC3CC(n4cnc5c(=O)[nH]c(N)nc54)OC3CO)O2)c(=O)[nH]1. The van der Waals surface area contributed by atoms with Gasteiger partial charge in [-0.25, -0.2) is 38.2 Å². The third-order valence-corrected chi connectivity index (χ3v) is 17.8. The monoisotopic (exact) mass is 1330 g/mol. The Labute approximate surface area is 490 Å². The molecule has 45 nitrogen and oxygen atoms in total. The molecule has 18 N–H and O–H groups in total. The Morgan fingerprint density at radius 1 is 0.438 bits per heavy atom. The van der Waals surface area contributed by atoms with Crippen LogP contribution in [0.5, 0.6) is 0 Å². The zero-order chi connectivity index (χ0) is 63.2. The van der Waals surface area contributed by atoms with Gasteiger partial charge in [0.2, 0.25) is 23.8 Å². The highest BCUT2D eigenvalue weighted by Gasteiger charge is 2.49. The summed E-state index contributed by atoms with van der Waals surface area (Å²) in [6.45, 7) is -3.72. The second kappa shape index (κ2) is 23.6. The van der Waals surface area contributed by atoms with Gasteiger partial charge in [-0.3, -0.25) is 89.0 Å². The molecule has 8 aromatic heterocycles. The molecular formula is C40H50N20O25P4. The van der Waals surface area contributed by atoms with Crippen molar-refractivity contribution < 1.29 is 98.4 Å². The maximum absolute atomic E-state index is 14.2. The standard InChI is InChI=1S/C40H50N20O25P4/c41-37-49-29-25(33(62)53-37)45-9-57(29)21-1-13(17(5-61)78-21)83-87(69,70)76-7-19-15(3-23(80-19)59-11-47-27-31(59)51-39(43)55-35(27)64)85-89(73,74)77-8-20-16(4-24(81-20)60-12-48-28-32(60)52-40(44)56-36(28)65)84-88(71,72)75-6-18-14(82-86(66,67)68)2-22(79-18)58-10-46-26-30(58)50-38(42)54-34(26)63/h9-24,61H,1-8H2,(H,69,70)(H,71,72)(H,73,74)(H2,66,67,68)(H3,41,49,53,62)(H3,42,50,54,63)(H3,43,51,55,64)(H3,44,52,56,65). The van der Waals surface area contributed by atoms with E-state index in [2.05, 4.69) is 59.8 Å². The summed E-state index contributed by atoms with van der Waals surface area (Å²) in [6.07, 6.45) is -14.3. The Hall–Kier alpha value is -7.16. The summed E-state index contributed by atoms with van der Waals surface area (Å²) in [6, 6.07) is 0. The van der Waals surface area contributed by atoms with Crippen LogP contribution in [0.1, 0.15) is 50.6 Å². The number of phosphoric ester groups is 4. The van der Waals surface area contributed by atoms with Crippen LogP contribution in [0.15, 0.2) is 44.5 Å². The molecule has 480 valence electrons. The number of nitrogens with two attached hydrogens (primary N) is 4. The third-order valence-electron chi connectivity index (χ3n) is 14.2. The van der Waals surface area contributed by atoms with Gasteiger partial charge < -0.3 is 71.5 Å². The number of aliphatic hydroxyl groups excluding tert-OH is 1. The molecule has 0 bridgehead atoms. The first-order valence-corrected chi connectivity index (χ1v) is 31.9. The number of aliphatic hydroxyl groups is 1. The van der Waals surface area contributed by atoms with E-state index in [0.717, 1.165) is 19.0 Å². The van der Waals surface area contributed by atoms with E-state index >= 15 is 0 Å². The van der Waals surface area contributed by atoms with Crippen LogP contribution in [0.3, 0.4) is 0 Å². The quantitative estimate of drug-likeness (QED) is 0.0300. The highest BCUT2D eigenvalue weighted by molar-refractivity contribution is 7.48. The van der Waals surface area contributed by atoms with E-state index in [4.69, 9.17) is 73.5 Å². The maximum Gasteiger partial charge on any atom is 0.472 e. The van der Waals surface area contributed by atoms with Crippen molar-refractivity contribution in [3.8, 4) is 0 Å². The molecule has 8 aromatic rings. The number of aromatic amines is 4. The topological polar surface area (TPSA) is 650 Å². The Morgan fingerprint density at radius 2 is 0.685 bits per heavy atom. The van der Waals surface area contributed by atoms with Crippen LogP contribution in [0.2, 0.25) is 0 Å². The Bertz CT molecular complexity index is 4490. The van der Waals surface area contributed by atoms with E-state index in [0.29, 0.717) is 0 Å². The molecule has 49 heteroatoms. The fourth-order valence-electron chi connectivity index (χ4n) is 10.4. The fraction of sp³-hybridized carbons (Fsp3) is 0.500. The Kier molecular flexibility index (Phi) is 16.4. The summed E-state index contributed by atoms with van der Waals surface area (Å²) >= 11 is 0. The lowest BCUT2D eigenvalue weighted by Crippen LogP contribution is -2.31. The lowest BCUT2D eigenvalue weighted by atomic mass is 10.2. The molecule has 0 aromatic carbocycles. The number of rotatable bonds is 22. The number of fused-ring (bicyclic) bond motifs is 4. The number of nitrogens with one attached hydrogen (secondary N) is 4. The summed E-state index contributed by atoms with van der Waals surface area (Å²) < 4.78 is 121. The molecule has 0 aliphatic carbocycles. The number of nitrogen functional groups attached to an aromatic ring is 4. The van der Waals surface area contributed by atoms with Gasteiger partial charge in [-0.1, -0.05) is 0 Å². The van der Waals surface area contributed by atoms with Gasteiger partial charge in [-0.05, 0) is 0 Å². The van der Waals surface area contributed by atoms with E-state index in [1.54, 1.807) is 0 Å². The normalized spacial score (nSPS) is 27.9.